The molecule has 1 aromatic heterocycles. The number of piperidine rings is 1. The maximum atomic E-state index is 12.8. The topological polar surface area (TPSA) is 78.6 Å². The third kappa shape index (κ3) is 2.92. The number of hydrogen-bond acceptors (Lipinski definition) is 4. The van der Waals surface area contributed by atoms with Crippen LogP contribution >= 0.6 is 11.6 Å². The van der Waals surface area contributed by atoms with E-state index < -0.39 is 40.2 Å². The van der Waals surface area contributed by atoms with Gasteiger partial charge in [-0.3, -0.25) is 9.48 Å². The van der Waals surface area contributed by atoms with Crippen LogP contribution in [-0.2, 0) is 13.2 Å². The van der Waals surface area contributed by atoms with Crippen LogP contribution in [0.1, 0.15) is 29.5 Å². The molecule has 2 atom stereocenters. The zero-order chi connectivity index (χ0) is 16.9. The molecule has 0 aromatic carbocycles. The van der Waals surface area contributed by atoms with E-state index in [2.05, 4.69) is 5.10 Å². The van der Waals surface area contributed by atoms with E-state index in [0.29, 0.717) is 0 Å². The Balaban J connectivity index is 2.30. The Hall–Kier alpha value is -1.32. The van der Waals surface area contributed by atoms with Crippen molar-refractivity contribution in [3.05, 3.63) is 16.4 Å². The lowest BCUT2D eigenvalue weighted by Gasteiger charge is -2.39. The summed E-state index contributed by atoms with van der Waals surface area (Å²) >= 11 is 5.66. The highest BCUT2D eigenvalue weighted by Crippen LogP contribution is 2.36. The molecule has 1 aromatic rings. The van der Waals surface area contributed by atoms with Crippen molar-refractivity contribution in [3.63, 3.8) is 0 Å². The zero-order valence-electron chi connectivity index (χ0n) is 11.9. The van der Waals surface area contributed by atoms with Crippen LogP contribution in [0.15, 0.2) is 0 Å². The molecule has 124 valence electrons. The fourth-order valence-corrected chi connectivity index (χ4v) is 2.62. The van der Waals surface area contributed by atoms with Gasteiger partial charge >= 0.3 is 6.18 Å². The van der Waals surface area contributed by atoms with E-state index in [1.165, 1.54) is 14.0 Å². The van der Waals surface area contributed by atoms with Crippen molar-refractivity contribution in [3.8, 4) is 0 Å². The Kier molecular flexibility index (Phi) is 4.18. The average Bonchev–Trinajstić information content (AvgIpc) is 2.67. The predicted molar refractivity (Wildman–Crippen MR) is 70.4 cm³/mol. The highest BCUT2D eigenvalue weighted by atomic mass is 35.5. The number of halogens is 4. The molecule has 22 heavy (non-hydrogen) atoms. The van der Waals surface area contributed by atoms with Crippen LogP contribution in [0.3, 0.4) is 0 Å². The minimum absolute atomic E-state index is 0.0890. The first-order chi connectivity index (χ1) is 9.95. The molecule has 6 nitrogen and oxygen atoms in total. The second-order valence-electron chi connectivity index (χ2n) is 5.51. The highest BCUT2D eigenvalue weighted by molar-refractivity contribution is 6.34. The van der Waals surface area contributed by atoms with Gasteiger partial charge in [-0.15, -0.1) is 0 Å². The maximum Gasteiger partial charge on any atom is 0.436 e. The van der Waals surface area contributed by atoms with Crippen molar-refractivity contribution in [2.75, 3.05) is 13.1 Å². The molecule has 0 radical (unpaired) electrons. The number of β-amino-alcohol motifs (C(OH)–C–C–N with tert-alkyl or cyclic N) is 1. The summed E-state index contributed by atoms with van der Waals surface area (Å²) in [5.74, 6) is -0.773. The van der Waals surface area contributed by atoms with E-state index in [1.54, 1.807) is 0 Å². The van der Waals surface area contributed by atoms with Gasteiger partial charge < -0.3 is 15.1 Å². The molecule has 2 N–H and O–H groups in total. The molecular formula is C12H15ClF3N3O3. The van der Waals surface area contributed by atoms with Crippen LogP contribution in [0.2, 0.25) is 5.02 Å². The van der Waals surface area contributed by atoms with Crippen molar-refractivity contribution in [2.24, 2.45) is 7.05 Å². The number of aliphatic hydroxyl groups is 2. The standard InChI is InChI=1S/C12H15ClF3N3O3/c1-11(22)3-4-19(5-6(11)20)10(21)8-7(13)9(12(14,15)16)17-18(8)2/h6,20,22H,3-5H2,1-2H3. The molecule has 0 bridgehead atoms. The van der Waals surface area contributed by atoms with Gasteiger partial charge in [0, 0.05) is 20.1 Å². The minimum Gasteiger partial charge on any atom is -0.388 e. The number of carbonyl (C=O) groups excluding carboxylic acids is 1. The van der Waals surface area contributed by atoms with Crippen molar-refractivity contribution in [1.82, 2.24) is 14.7 Å². The summed E-state index contributed by atoms with van der Waals surface area (Å²) in [5.41, 5.74) is -3.07. The van der Waals surface area contributed by atoms with E-state index in [0.717, 1.165) is 9.58 Å². The predicted octanol–water partition coefficient (Wildman–Crippen LogP) is 1.05. The molecule has 10 heteroatoms. The van der Waals surface area contributed by atoms with Gasteiger partial charge in [0.2, 0.25) is 0 Å². The SMILES string of the molecule is Cn1nc(C(F)(F)F)c(Cl)c1C(=O)N1CCC(C)(O)C(O)C1. The van der Waals surface area contributed by atoms with E-state index in [4.69, 9.17) is 11.6 Å². The summed E-state index contributed by atoms with van der Waals surface area (Å²) in [4.78, 5) is 13.5. The lowest BCUT2D eigenvalue weighted by Crippen LogP contribution is -2.55. The largest absolute Gasteiger partial charge is 0.436 e. The summed E-state index contributed by atoms with van der Waals surface area (Å²) < 4.78 is 39.0. The smallest absolute Gasteiger partial charge is 0.388 e. The second kappa shape index (κ2) is 5.39. The molecule has 1 saturated heterocycles. The lowest BCUT2D eigenvalue weighted by atomic mass is 9.90. The van der Waals surface area contributed by atoms with Gasteiger partial charge in [0.1, 0.15) is 10.7 Å². The number of rotatable bonds is 1. The van der Waals surface area contributed by atoms with Crippen molar-refractivity contribution in [2.45, 2.75) is 31.2 Å². The Morgan fingerprint density at radius 1 is 1.50 bits per heavy atom. The van der Waals surface area contributed by atoms with Crippen LogP contribution in [0, 0.1) is 0 Å². The molecule has 1 aliphatic heterocycles. The van der Waals surface area contributed by atoms with Crippen LogP contribution in [-0.4, -0.2) is 55.6 Å². The molecule has 2 unspecified atom stereocenters. The van der Waals surface area contributed by atoms with E-state index in [9.17, 15) is 28.2 Å². The number of alkyl halides is 3. The number of likely N-dealkylation sites (tertiary alicyclic amines) is 1. The number of aryl methyl sites for hydroxylation is 1. The molecule has 1 amide bonds. The minimum atomic E-state index is -4.77. The van der Waals surface area contributed by atoms with Gasteiger partial charge in [0.15, 0.2) is 5.69 Å². The number of nitrogens with zero attached hydrogens (tertiary/aromatic N) is 3. The fraction of sp³-hybridized carbons (Fsp3) is 0.667. The number of aromatic nitrogens is 2. The van der Waals surface area contributed by atoms with Crippen molar-refractivity contribution in [1.29, 1.82) is 0 Å². The summed E-state index contributed by atoms with van der Waals surface area (Å²) in [6.07, 6.45) is -5.86. The van der Waals surface area contributed by atoms with Crippen LogP contribution < -0.4 is 0 Å². The lowest BCUT2D eigenvalue weighted by molar-refractivity contribution is -0.141. The third-order valence-corrected chi connectivity index (χ3v) is 4.10. The molecule has 0 saturated carbocycles. The van der Waals surface area contributed by atoms with Gasteiger partial charge in [0.05, 0.1) is 11.7 Å². The summed E-state index contributed by atoms with van der Waals surface area (Å²) in [6.45, 7) is 1.32. The van der Waals surface area contributed by atoms with E-state index >= 15 is 0 Å². The number of amides is 1. The van der Waals surface area contributed by atoms with Gasteiger partial charge in [0.25, 0.3) is 5.91 Å². The molecular weight excluding hydrogens is 327 g/mol. The van der Waals surface area contributed by atoms with E-state index in [-0.39, 0.29) is 19.5 Å². The maximum absolute atomic E-state index is 12.8. The zero-order valence-corrected chi connectivity index (χ0v) is 12.6. The first-order valence-corrected chi connectivity index (χ1v) is 6.82. The Morgan fingerprint density at radius 3 is 2.55 bits per heavy atom. The molecule has 0 aliphatic carbocycles. The second-order valence-corrected chi connectivity index (χ2v) is 5.88. The Morgan fingerprint density at radius 2 is 2.09 bits per heavy atom. The molecule has 2 rings (SSSR count). The first kappa shape index (κ1) is 17.0. The van der Waals surface area contributed by atoms with Gasteiger partial charge in [-0.2, -0.15) is 18.3 Å². The van der Waals surface area contributed by atoms with Gasteiger partial charge in [-0.1, -0.05) is 11.6 Å². The quantitative estimate of drug-likeness (QED) is 0.800. The number of carbonyl (C=O) groups is 1. The summed E-state index contributed by atoms with van der Waals surface area (Å²) in [6, 6.07) is 0. The summed E-state index contributed by atoms with van der Waals surface area (Å²) in [7, 11) is 1.19. The van der Waals surface area contributed by atoms with Crippen molar-refractivity contribution < 1.29 is 28.2 Å². The Bertz CT molecular complexity index is 600. The molecule has 1 fully saturated rings. The van der Waals surface area contributed by atoms with Crippen molar-refractivity contribution >= 4 is 17.5 Å². The monoisotopic (exact) mass is 341 g/mol. The van der Waals surface area contributed by atoms with Gasteiger partial charge in [-0.25, -0.2) is 0 Å². The van der Waals surface area contributed by atoms with Crippen LogP contribution in [0.5, 0.6) is 0 Å². The van der Waals surface area contributed by atoms with E-state index in [1.807, 2.05) is 0 Å². The molecule has 1 aliphatic rings. The molecule has 0 spiro atoms. The number of hydrogen-bond donors (Lipinski definition) is 2. The van der Waals surface area contributed by atoms with Crippen LogP contribution in [0.4, 0.5) is 13.2 Å². The fourth-order valence-electron chi connectivity index (χ4n) is 2.27. The highest BCUT2D eigenvalue weighted by Gasteiger charge is 2.42. The first-order valence-electron chi connectivity index (χ1n) is 6.44. The number of aliphatic hydroxyl groups excluding tert-OH is 1. The molecule has 2 heterocycles. The summed E-state index contributed by atoms with van der Waals surface area (Å²) in [5, 5.41) is 22.1. The average molecular weight is 342 g/mol. The Labute approximate surface area is 129 Å². The van der Waals surface area contributed by atoms with Gasteiger partial charge in [-0.05, 0) is 13.3 Å². The van der Waals surface area contributed by atoms with Crippen LogP contribution in [0.25, 0.3) is 0 Å². The third-order valence-electron chi connectivity index (χ3n) is 3.75. The normalized spacial score (nSPS) is 26.4.